The molecule has 110 valence electrons. The Balaban J connectivity index is 0.000000693. The van der Waals surface area contributed by atoms with Gasteiger partial charge in [-0.3, -0.25) is 0 Å². The van der Waals surface area contributed by atoms with Crippen LogP contribution in [-0.4, -0.2) is 0 Å². The summed E-state index contributed by atoms with van der Waals surface area (Å²) in [4.78, 5) is 2.36. The van der Waals surface area contributed by atoms with E-state index in [1.54, 1.807) is 0 Å². The Labute approximate surface area is 132 Å². The summed E-state index contributed by atoms with van der Waals surface area (Å²) in [7, 11) is 0. The van der Waals surface area contributed by atoms with Gasteiger partial charge in [-0.2, -0.15) is 0 Å². The molecule has 0 spiro atoms. The molecule has 0 aromatic heterocycles. The highest BCUT2D eigenvalue weighted by atomic mass is 15.2. The van der Waals surface area contributed by atoms with Gasteiger partial charge in [0.05, 0.1) is 0 Å². The molecule has 0 N–H and O–H groups in total. The topological polar surface area (TPSA) is 3.24 Å². The van der Waals surface area contributed by atoms with Gasteiger partial charge in [-0.15, -0.1) is 0 Å². The number of anilines is 3. The van der Waals surface area contributed by atoms with Gasteiger partial charge in [-0.25, -0.2) is 0 Å². The molecule has 0 atom stereocenters. The molecule has 1 heteroatoms. The maximum absolute atomic E-state index is 2.36. The first-order chi connectivity index (χ1) is 10.9. The van der Waals surface area contributed by atoms with Crippen LogP contribution in [0.1, 0.15) is 25.0 Å². The second kappa shape index (κ2) is 6.48. The molecule has 0 bridgehead atoms. The summed E-state index contributed by atoms with van der Waals surface area (Å²) in [5.74, 6) is 0. The van der Waals surface area contributed by atoms with Gasteiger partial charge in [0.2, 0.25) is 0 Å². The van der Waals surface area contributed by atoms with E-state index in [1.807, 2.05) is 13.8 Å². The Morgan fingerprint density at radius 3 is 1.59 bits per heavy atom. The van der Waals surface area contributed by atoms with E-state index in [4.69, 9.17) is 0 Å². The normalized spacial score (nSPS) is 11.8. The second-order valence-corrected chi connectivity index (χ2v) is 5.11. The maximum atomic E-state index is 2.36. The standard InChI is InChI=1S/C19H15N.C2H6/c1-2-10-17(11-3-1)20-18-12-6-4-8-15(18)14-16-9-5-7-13-19(16)20;1-2/h1-13H,14H2;1-2H3. The third-order valence-corrected chi connectivity index (χ3v) is 3.86. The molecule has 1 aliphatic heterocycles. The number of benzene rings is 3. The molecule has 0 fully saturated rings. The summed E-state index contributed by atoms with van der Waals surface area (Å²) in [5.41, 5.74) is 6.56. The molecule has 4 rings (SSSR count). The van der Waals surface area contributed by atoms with E-state index in [0.29, 0.717) is 0 Å². The van der Waals surface area contributed by atoms with E-state index in [9.17, 15) is 0 Å². The zero-order valence-electron chi connectivity index (χ0n) is 13.2. The van der Waals surface area contributed by atoms with Gasteiger partial charge in [0.25, 0.3) is 0 Å². The third-order valence-electron chi connectivity index (χ3n) is 3.86. The molecule has 3 aromatic carbocycles. The lowest BCUT2D eigenvalue weighted by Crippen LogP contribution is -2.18. The number of nitrogens with zero attached hydrogens (tertiary/aromatic N) is 1. The molecule has 1 aliphatic rings. The fourth-order valence-electron chi connectivity index (χ4n) is 2.95. The molecule has 0 saturated carbocycles. The monoisotopic (exact) mass is 287 g/mol. The van der Waals surface area contributed by atoms with Gasteiger partial charge in [0.15, 0.2) is 0 Å². The molecule has 0 aliphatic carbocycles. The van der Waals surface area contributed by atoms with Crippen molar-refractivity contribution >= 4 is 17.1 Å². The Morgan fingerprint density at radius 2 is 1.05 bits per heavy atom. The minimum Gasteiger partial charge on any atom is -0.310 e. The van der Waals surface area contributed by atoms with Crippen LogP contribution in [0.25, 0.3) is 0 Å². The third kappa shape index (κ3) is 2.50. The summed E-state index contributed by atoms with van der Waals surface area (Å²) in [6.07, 6.45) is 1.01. The van der Waals surface area contributed by atoms with Crippen LogP contribution in [0.15, 0.2) is 78.9 Å². The van der Waals surface area contributed by atoms with Gasteiger partial charge < -0.3 is 4.90 Å². The first kappa shape index (κ1) is 14.4. The maximum Gasteiger partial charge on any atom is 0.0497 e. The lowest BCUT2D eigenvalue weighted by molar-refractivity contribution is 1.09. The minimum atomic E-state index is 1.01. The van der Waals surface area contributed by atoms with Gasteiger partial charge in [-0.1, -0.05) is 68.4 Å². The van der Waals surface area contributed by atoms with Gasteiger partial charge in [-0.05, 0) is 35.4 Å². The summed E-state index contributed by atoms with van der Waals surface area (Å²) in [5, 5.41) is 0. The van der Waals surface area contributed by atoms with Crippen LogP contribution in [0, 0.1) is 0 Å². The SMILES string of the molecule is CC.c1ccc(N2c3ccccc3Cc3ccccc32)cc1. The first-order valence-corrected chi connectivity index (χ1v) is 7.94. The van der Waals surface area contributed by atoms with Crippen LogP contribution in [0.2, 0.25) is 0 Å². The molecule has 1 nitrogen and oxygen atoms in total. The van der Waals surface area contributed by atoms with Crippen molar-refractivity contribution in [1.82, 2.24) is 0 Å². The fraction of sp³-hybridized carbons (Fsp3) is 0.143. The number of rotatable bonds is 1. The molecule has 0 amide bonds. The van der Waals surface area contributed by atoms with E-state index in [-0.39, 0.29) is 0 Å². The predicted octanol–water partition coefficient (Wildman–Crippen LogP) is 6.09. The second-order valence-electron chi connectivity index (χ2n) is 5.11. The number of hydrogen-bond donors (Lipinski definition) is 0. The molecule has 3 aromatic rings. The highest BCUT2D eigenvalue weighted by Crippen LogP contribution is 2.43. The van der Waals surface area contributed by atoms with E-state index in [2.05, 4.69) is 83.8 Å². The number of para-hydroxylation sites is 3. The Kier molecular flexibility index (Phi) is 4.24. The molecule has 1 heterocycles. The lowest BCUT2D eigenvalue weighted by Gasteiger charge is -2.33. The molecular weight excluding hydrogens is 266 g/mol. The van der Waals surface area contributed by atoms with Crippen molar-refractivity contribution in [3.05, 3.63) is 90.0 Å². The molecule has 0 saturated heterocycles. The van der Waals surface area contributed by atoms with Crippen molar-refractivity contribution in [3.63, 3.8) is 0 Å². The van der Waals surface area contributed by atoms with E-state index in [0.717, 1.165) is 6.42 Å². The average molecular weight is 287 g/mol. The average Bonchev–Trinajstić information content (AvgIpc) is 2.62. The zero-order valence-corrected chi connectivity index (χ0v) is 13.2. The highest BCUT2D eigenvalue weighted by Gasteiger charge is 2.22. The minimum absolute atomic E-state index is 1.01. The van der Waals surface area contributed by atoms with Crippen molar-refractivity contribution < 1.29 is 0 Å². The van der Waals surface area contributed by atoms with E-state index < -0.39 is 0 Å². The first-order valence-electron chi connectivity index (χ1n) is 7.94. The predicted molar refractivity (Wildman–Crippen MR) is 95.3 cm³/mol. The van der Waals surface area contributed by atoms with Crippen LogP contribution < -0.4 is 4.90 Å². The van der Waals surface area contributed by atoms with Crippen LogP contribution in [0.5, 0.6) is 0 Å². The van der Waals surface area contributed by atoms with Gasteiger partial charge >= 0.3 is 0 Å². The molecule has 0 unspecified atom stereocenters. The van der Waals surface area contributed by atoms with E-state index in [1.165, 1.54) is 28.2 Å². The Bertz CT molecular complexity index is 701. The smallest absolute Gasteiger partial charge is 0.0497 e. The van der Waals surface area contributed by atoms with Crippen molar-refractivity contribution in [2.45, 2.75) is 20.3 Å². The van der Waals surface area contributed by atoms with Crippen LogP contribution >= 0.6 is 0 Å². The highest BCUT2D eigenvalue weighted by molar-refractivity contribution is 5.83. The van der Waals surface area contributed by atoms with Gasteiger partial charge in [0.1, 0.15) is 0 Å². The van der Waals surface area contributed by atoms with Crippen molar-refractivity contribution in [3.8, 4) is 0 Å². The zero-order chi connectivity index (χ0) is 15.4. The summed E-state index contributed by atoms with van der Waals surface area (Å²) in [6.45, 7) is 4.00. The Hall–Kier alpha value is -2.54. The van der Waals surface area contributed by atoms with Crippen molar-refractivity contribution in [1.29, 1.82) is 0 Å². The molecule has 22 heavy (non-hydrogen) atoms. The van der Waals surface area contributed by atoms with Crippen LogP contribution in [-0.2, 0) is 6.42 Å². The quantitative estimate of drug-likeness (QED) is 0.409. The summed E-state index contributed by atoms with van der Waals surface area (Å²) < 4.78 is 0. The van der Waals surface area contributed by atoms with Gasteiger partial charge in [0, 0.05) is 23.5 Å². The number of hydrogen-bond acceptors (Lipinski definition) is 1. The Morgan fingerprint density at radius 1 is 0.591 bits per heavy atom. The molecular formula is C21H21N. The fourth-order valence-corrected chi connectivity index (χ4v) is 2.95. The summed E-state index contributed by atoms with van der Waals surface area (Å²) in [6, 6.07) is 27.9. The van der Waals surface area contributed by atoms with Crippen molar-refractivity contribution in [2.75, 3.05) is 4.90 Å². The molecule has 0 radical (unpaired) electrons. The van der Waals surface area contributed by atoms with Crippen LogP contribution in [0.3, 0.4) is 0 Å². The largest absolute Gasteiger partial charge is 0.310 e. The van der Waals surface area contributed by atoms with Crippen molar-refractivity contribution in [2.24, 2.45) is 0 Å². The van der Waals surface area contributed by atoms with E-state index >= 15 is 0 Å². The number of fused-ring (bicyclic) bond motifs is 2. The lowest BCUT2D eigenvalue weighted by atomic mass is 9.95. The van der Waals surface area contributed by atoms with Crippen LogP contribution in [0.4, 0.5) is 17.1 Å². The summed E-state index contributed by atoms with van der Waals surface area (Å²) >= 11 is 0.